The third-order valence-corrected chi connectivity index (χ3v) is 6.31. The van der Waals surface area contributed by atoms with E-state index in [-0.39, 0.29) is 17.1 Å². The van der Waals surface area contributed by atoms with Gasteiger partial charge in [-0.05, 0) is 31.5 Å². The zero-order valence-electron chi connectivity index (χ0n) is 15.5. The lowest BCUT2D eigenvalue weighted by atomic mass is 10.1. The van der Waals surface area contributed by atoms with Crippen molar-refractivity contribution in [1.82, 2.24) is 9.97 Å². The van der Waals surface area contributed by atoms with E-state index in [2.05, 4.69) is 9.97 Å². The highest BCUT2D eigenvalue weighted by molar-refractivity contribution is 7.99. The fraction of sp³-hybridized carbons (Fsp3) is 0.316. The summed E-state index contributed by atoms with van der Waals surface area (Å²) in [5.41, 5.74) is 1.36. The highest BCUT2D eigenvalue weighted by atomic mass is 32.2. The summed E-state index contributed by atoms with van der Waals surface area (Å²) in [6.07, 6.45) is 0. The molecule has 0 spiro atoms. The number of thiophene rings is 1. The molecule has 0 aliphatic heterocycles. The second-order valence-corrected chi connectivity index (χ2v) is 8.15. The number of ether oxygens (including phenoxy) is 2. The molecular weight excluding hydrogens is 384 g/mol. The van der Waals surface area contributed by atoms with Crippen LogP contribution in [0.1, 0.15) is 26.6 Å². The molecule has 0 radical (unpaired) electrons. The van der Waals surface area contributed by atoms with Crippen LogP contribution < -0.4 is 15.0 Å². The van der Waals surface area contributed by atoms with Crippen LogP contribution in [0.2, 0.25) is 0 Å². The summed E-state index contributed by atoms with van der Waals surface area (Å²) in [6.45, 7) is 3.91. The van der Waals surface area contributed by atoms with Crippen LogP contribution in [-0.4, -0.2) is 35.7 Å². The Morgan fingerprint density at radius 2 is 2.04 bits per heavy atom. The maximum absolute atomic E-state index is 12.5. The molecule has 6 nitrogen and oxygen atoms in total. The number of thioether (sulfide) groups is 1. The Balaban J connectivity index is 1.70. The Morgan fingerprint density at radius 1 is 1.26 bits per heavy atom. The minimum atomic E-state index is -0.124. The molecule has 1 aromatic carbocycles. The van der Waals surface area contributed by atoms with Gasteiger partial charge in [-0.15, -0.1) is 23.1 Å². The molecule has 1 N–H and O–H groups in total. The highest BCUT2D eigenvalue weighted by Gasteiger charge is 2.15. The number of hydrogen-bond donors (Lipinski definition) is 1. The molecule has 0 fully saturated rings. The van der Waals surface area contributed by atoms with Crippen molar-refractivity contribution < 1.29 is 14.3 Å². The van der Waals surface area contributed by atoms with Crippen molar-refractivity contribution in [3.8, 4) is 11.5 Å². The Kier molecular flexibility index (Phi) is 5.86. The number of nitrogens with one attached hydrogen (secondary N) is 1. The number of nitrogens with zero attached hydrogens (tertiary/aromatic N) is 1. The van der Waals surface area contributed by atoms with Crippen LogP contribution in [0.25, 0.3) is 10.2 Å². The summed E-state index contributed by atoms with van der Waals surface area (Å²) in [7, 11) is 3.08. The monoisotopic (exact) mass is 404 g/mol. The van der Waals surface area contributed by atoms with Gasteiger partial charge in [0, 0.05) is 10.9 Å². The standard InChI is InChI=1S/C19H20N2O4S2/c1-10-11(2)27-19-17(10)18(23)20-16(21-19)9-26-8-14(22)13-6-5-12(24-3)7-15(13)25-4/h5-7H,8-9H2,1-4H3,(H,20,21,23). The number of aromatic amines is 1. The van der Waals surface area contributed by atoms with Crippen molar-refractivity contribution in [2.45, 2.75) is 19.6 Å². The molecule has 27 heavy (non-hydrogen) atoms. The van der Waals surface area contributed by atoms with Crippen LogP contribution in [0.3, 0.4) is 0 Å². The second kappa shape index (κ2) is 8.14. The van der Waals surface area contributed by atoms with Crippen LogP contribution in [0.5, 0.6) is 11.5 Å². The van der Waals surface area contributed by atoms with Crippen LogP contribution >= 0.6 is 23.1 Å². The molecule has 3 rings (SSSR count). The maximum Gasteiger partial charge on any atom is 0.259 e. The molecule has 8 heteroatoms. The first-order valence-electron chi connectivity index (χ1n) is 8.26. The number of ketones is 1. The topological polar surface area (TPSA) is 81.3 Å². The first-order valence-corrected chi connectivity index (χ1v) is 10.2. The van der Waals surface area contributed by atoms with E-state index in [0.29, 0.717) is 34.0 Å². The van der Waals surface area contributed by atoms with Crippen molar-refractivity contribution in [2.75, 3.05) is 20.0 Å². The Hall–Kier alpha value is -2.32. The molecule has 0 saturated heterocycles. The summed E-state index contributed by atoms with van der Waals surface area (Å²) >= 11 is 2.92. The number of carbonyl (C=O) groups is 1. The number of aromatic nitrogens is 2. The van der Waals surface area contributed by atoms with Crippen LogP contribution in [0, 0.1) is 13.8 Å². The minimum absolute atomic E-state index is 0.0502. The Labute approximate surface area is 164 Å². The predicted octanol–water partition coefficient (Wildman–Crippen LogP) is 3.73. The third-order valence-electron chi connectivity index (χ3n) is 4.27. The molecule has 2 aromatic heterocycles. The van der Waals surface area contributed by atoms with Gasteiger partial charge >= 0.3 is 0 Å². The number of hydrogen-bond acceptors (Lipinski definition) is 7. The van der Waals surface area contributed by atoms with Crippen LogP contribution in [0.15, 0.2) is 23.0 Å². The van der Waals surface area contributed by atoms with Gasteiger partial charge in [-0.25, -0.2) is 4.98 Å². The summed E-state index contributed by atoms with van der Waals surface area (Å²) in [5, 5.41) is 0.658. The quantitative estimate of drug-likeness (QED) is 0.604. The first kappa shape index (κ1) is 19.4. The summed E-state index contributed by atoms with van der Waals surface area (Å²) in [5.74, 6) is 2.35. The van der Waals surface area contributed by atoms with E-state index >= 15 is 0 Å². The number of H-pyrrole nitrogens is 1. The molecule has 3 aromatic rings. The molecule has 2 heterocycles. The zero-order chi connectivity index (χ0) is 19.6. The number of carbonyl (C=O) groups excluding carboxylic acids is 1. The van der Waals surface area contributed by atoms with E-state index in [1.807, 2.05) is 13.8 Å². The molecule has 0 unspecified atom stereocenters. The van der Waals surface area contributed by atoms with Gasteiger partial charge in [0.15, 0.2) is 5.78 Å². The largest absolute Gasteiger partial charge is 0.497 e. The lowest BCUT2D eigenvalue weighted by Crippen LogP contribution is -2.11. The van der Waals surface area contributed by atoms with Crippen LogP contribution in [-0.2, 0) is 5.75 Å². The highest BCUT2D eigenvalue weighted by Crippen LogP contribution is 2.27. The maximum atomic E-state index is 12.5. The van der Waals surface area contributed by atoms with E-state index < -0.39 is 0 Å². The van der Waals surface area contributed by atoms with Gasteiger partial charge in [-0.3, -0.25) is 9.59 Å². The second-order valence-electron chi connectivity index (χ2n) is 5.96. The van der Waals surface area contributed by atoms with Gasteiger partial charge in [0.05, 0.1) is 36.7 Å². The number of fused-ring (bicyclic) bond motifs is 1. The van der Waals surface area contributed by atoms with Crippen molar-refractivity contribution >= 4 is 39.1 Å². The fourth-order valence-corrected chi connectivity index (χ4v) is 4.54. The molecule has 0 atom stereocenters. The zero-order valence-corrected chi connectivity index (χ0v) is 17.2. The predicted molar refractivity (Wildman–Crippen MR) is 110 cm³/mol. The molecule has 142 valence electrons. The molecular formula is C19H20N2O4S2. The van der Waals surface area contributed by atoms with E-state index in [1.54, 1.807) is 25.3 Å². The Morgan fingerprint density at radius 3 is 2.74 bits per heavy atom. The van der Waals surface area contributed by atoms with E-state index in [9.17, 15) is 9.59 Å². The third kappa shape index (κ3) is 4.01. The van der Waals surface area contributed by atoms with Gasteiger partial charge in [0.2, 0.25) is 0 Å². The average Bonchev–Trinajstić information content (AvgIpc) is 2.95. The molecule has 0 amide bonds. The van der Waals surface area contributed by atoms with Crippen molar-refractivity contribution in [3.05, 3.63) is 50.4 Å². The van der Waals surface area contributed by atoms with E-state index in [1.165, 1.54) is 30.2 Å². The minimum Gasteiger partial charge on any atom is -0.497 e. The van der Waals surface area contributed by atoms with Gasteiger partial charge in [0.1, 0.15) is 22.2 Å². The normalized spacial score (nSPS) is 11.0. The van der Waals surface area contributed by atoms with Crippen molar-refractivity contribution in [3.63, 3.8) is 0 Å². The SMILES string of the molecule is COc1ccc(C(=O)CSCc2nc3sc(C)c(C)c3c(=O)[nH]2)c(OC)c1. The van der Waals surface area contributed by atoms with Gasteiger partial charge in [-0.1, -0.05) is 0 Å². The van der Waals surface area contributed by atoms with E-state index in [0.717, 1.165) is 15.3 Å². The van der Waals surface area contributed by atoms with Gasteiger partial charge < -0.3 is 14.5 Å². The number of benzene rings is 1. The number of rotatable bonds is 7. The smallest absolute Gasteiger partial charge is 0.259 e. The first-order chi connectivity index (χ1) is 12.9. The van der Waals surface area contributed by atoms with Gasteiger partial charge in [0.25, 0.3) is 5.56 Å². The van der Waals surface area contributed by atoms with E-state index in [4.69, 9.17) is 9.47 Å². The number of methoxy groups -OCH3 is 2. The van der Waals surface area contributed by atoms with Gasteiger partial charge in [-0.2, -0.15) is 0 Å². The number of Topliss-reactive ketones (excluding diaryl/α,β-unsaturated/α-hetero) is 1. The average molecular weight is 405 g/mol. The molecule has 0 bridgehead atoms. The Bertz CT molecular complexity index is 1060. The van der Waals surface area contributed by atoms with Crippen molar-refractivity contribution in [1.29, 1.82) is 0 Å². The van der Waals surface area contributed by atoms with Crippen LogP contribution in [0.4, 0.5) is 0 Å². The van der Waals surface area contributed by atoms with Crippen molar-refractivity contribution in [2.24, 2.45) is 0 Å². The lowest BCUT2D eigenvalue weighted by Gasteiger charge is -2.09. The number of aryl methyl sites for hydroxylation is 2. The summed E-state index contributed by atoms with van der Waals surface area (Å²) in [4.78, 5) is 34.0. The molecule has 0 saturated carbocycles. The summed E-state index contributed by atoms with van der Waals surface area (Å²) in [6, 6.07) is 5.12. The fourth-order valence-electron chi connectivity index (χ4n) is 2.71. The summed E-state index contributed by atoms with van der Waals surface area (Å²) < 4.78 is 10.4. The molecule has 0 aliphatic carbocycles. The lowest BCUT2D eigenvalue weighted by molar-refractivity contribution is 0.101. The molecule has 0 aliphatic rings.